The number of aromatic nitrogens is 2. The molecule has 2 aromatic rings. The Bertz CT molecular complexity index is 1200. The summed E-state index contributed by atoms with van der Waals surface area (Å²) in [6, 6.07) is 2.70. The summed E-state index contributed by atoms with van der Waals surface area (Å²) >= 11 is 0. The first-order chi connectivity index (χ1) is 17.9. The number of nitrogens with one attached hydrogen (secondary N) is 1. The van der Waals surface area contributed by atoms with Crippen molar-refractivity contribution in [3.63, 3.8) is 0 Å². The Hall–Kier alpha value is -3.29. The van der Waals surface area contributed by atoms with Gasteiger partial charge in [0.15, 0.2) is 5.69 Å². The fourth-order valence-corrected chi connectivity index (χ4v) is 4.95. The Morgan fingerprint density at radius 3 is 2.29 bits per heavy atom. The van der Waals surface area contributed by atoms with Gasteiger partial charge in [0.2, 0.25) is 0 Å². The average Bonchev–Trinajstić information content (AvgIpc) is 3.55. The van der Waals surface area contributed by atoms with Crippen LogP contribution in [0, 0.1) is 0 Å². The van der Waals surface area contributed by atoms with Crippen molar-refractivity contribution in [2.24, 2.45) is 0 Å². The molecule has 8 nitrogen and oxygen atoms in total. The van der Waals surface area contributed by atoms with Gasteiger partial charge in [-0.1, -0.05) is 0 Å². The molecule has 0 unspecified atom stereocenters. The van der Waals surface area contributed by atoms with Gasteiger partial charge in [-0.25, -0.2) is 4.79 Å². The van der Waals surface area contributed by atoms with Crippen LogP contribution in [0.15, 0.2) is 24.3 Å². The van der Waals surface area contributed by atoms with E-state index in [9.17, 15) is 35.9 Å². The summed E-state index contributed by atoms with van der Waals surface area (Å²) in [4.78, 5) is 29.1. The molecule has 2 amide bonds. The maximum absolute atomic E-state index is 13.2. The summed E-state index contributed by atoms with van der Waals surface area (Å²) in [5.41, 5.74) is -2.70. The van der Waals surface area contributed by atoms with Gasteiger partial charge in [0.05, 0.1) is 28.9 Å². The normalized spacial score (nSPS) is 19.2. The standard InChI is InChI=1S/C24H25F6N5O3/c25-23(26,27)16-8-15(9-17(10-16)24(28,29)30)13-38-21(37)33-5-1-6-35-18(12-33)11-19(32-35)20(36)34-7-4-31-14-22(34)2-3-22/h8-11,31H,1-7,12-14H2. The van der Waals surface area contributed by atoms with Gasteiger partial charge in [0.1, 0.15) is 6.61 Å². The highest BCUT2D eigenvalue weighted by Gasteiger charge is 2.51. The lowest BCUT2D eigenvalue weighted by molar-refractivity contribution is -0.143. The Balaban J connectivity index is 1.27. The van der Waals surface area contributed by atoms with Crippen LogP contribution in [0.3, 0.4) is 0 Å². The van der Waals surface area contributed by atoms with Crippen molar-refractivity contribution in [3.05, 3.63) is 52.3 Å². The zero-order chi connectivity index (χ0) is 27.3. The number of benzene rings is 1. The van der Waals surface area contributed by atoms with Crippen LogP contribution < -0.4 is 5.32 Å². The molecule has 206 valence electrons. The highest BCUT2D eigenvalue weighted by Crippen LogP contribution is 2.43. The quantitative estimate of drug-likeness (QED) is 0.590. The summed E-state index contributed by atoms with van der Waals surface area (Å²) < 4.78 is 85.4. The van der Waals surface area contributed by atoms with Crippen LogP contribution in [0.1, 0.15) is 52.1 Å². The molecule has 3 heterocycles. The molecule has 1 saturated carbocycles. The highest BCUT2D eigenvalue weighted by molar-refractivity contribution is 5.93. The van der Waals surface area contributed by atoms with Crippen LogP contribution in [-0.4, -0.2) is 63.3 Å². The number of aryl methyl sites for hydroxylation is 1. The minimum atomic E-state index is -5.00. The van der Waals surface area contributed by atoms with Crippen molar-refractivity contribution in [3.8, 4) is 0 Å². The number of hydrogen-bond acceptors (Lipinski definition) is 5. The number of piperazine rings is 1. The van der Waals surface area contributed by atoms with E-state index in [0.717, 1.165) is 19.4 Å². The number of fused-ring (bicyclic) bond motifs is 1. The fraction of sp³-hybridized carbons (Fsp3) is 0.542. The van der Waals surface area contributed by atoms with Crippen LogP contribution in [-0.2, 0) is 36.8 Å². The molecule has 0 bridgehead atoms. The average molecular weight is 545 g/mol. The van der Waals surface area contributed by atoms with E-state index in [1.807, 2.05) is 4.90 Å². The first-order valence-electron chi connectivity index (χ1n) is 12.2. The molecule has 1 aromatic carbocycles. The molecule has 0 atom stereocenters. The van der Waals surface area contributed by atoms with E-state index in [4.69, 9.17) is 4.74 Å². The van der Waals surface area contributed by atoms with Gasteiger partial charge in [-0.2, -0.15) is 31.4 Å². The Kier molecular flexibility index (Phi) is 6.56. The second-order valence-corrected chi connectivity index (χ2v) is 9.85. The van der Waals surface area contributed by atoms with Crippen LogP contribution in [0.5, 0.6) is 0 Å². The van der Waals surface area contributed by atoms with Gasteiger partial charge < -0.3 is 19.9 Å². The molecule has 0 radical (unpaired) electrons. The summed E-state index contributed by atoms with van der Waals surface area (Å²) in [7, 11) is 0. The molecule has 1 N–H and O–H groups in total. The molecule has 1 aromatic heterocycles. The second kappa shape index (κ2) is 9.47. The van der Waals surface area contributed by atoms with Crippen LogP contribution in [0.4, 0.5) is 31.1 Å². The number of ether oxygens (including phenoxy) is 1. The fourth-order valence-electron chi connectivity index (χ4n) is 4.95. The number of rotatable bonds is 3. The van der Waals surface area contributed by atoms with Gasteiger partial charge in [-0.15, -0.1) is 0 Å². The minimum absolute atomic E-state index is 0.0195. The van der Waals surface area contributed by atoms with E-state index >= 15 is 0 Å². The number of carbonyl (C=O) groups is 2. The van der Waals surface area contributed by atoms with Gasteiger partial charge in [-0.05, 0) is 49.1 Å². The van der Waals surface area contributed by atoms with Crippen molar-refractivity contribution in [2.45, 2.75) is 56.9 Å². The molecular weight excluding hydrogens is 520 g/mol. The Labute approximate surface area is 213 Å². The molecule has 14 heteroatoms. The number of halogens is 6. The highest BCUT2D eigenvalue weighted by atomic mass is 19.4. The van der Waals surface area contributed by atoms with Crippen molar-refractivity contribution in [1.29, 1.82) is 0 Å². The zero-order valence-electron chi connectivity index (χ0n) is 20.2. The lowest BCUT2D eigenvalue weighted by atomic mass is 10.1. The van der Waals surface area contributed by atoms with Crippen LogP contribution in [0.2, 0.25) is 0 Å². The molecule has 5 rings (SSSR count). The SMILES string of the molecule is O=C(OCc1cc(C(F)(F)F)cc(C(F)(F)F)c1)N1CCCn2nc(C(=O)N3CCNCC34CC4)cc2C1. The summed E-state index contributed by atoms with van der Waals surface area (Å²) in [5.74, 6) is -0.177. The number of hydrogen-bond donors (Lipinski definition) is 1. The van der Waals surface area contributed by atoms with Gasteiger partial charge in [-0.3, -0.25) is 9.48 Å². The molecule has 2 fully saturated rings. The molecule has 3 aliphatic rings. The second-order valence-electron chi connectivity index (χ2n) is 9.85. The first kappa shape index (κ1) is 26.3. The summed E-state index contributed by atoms with van der Waals surface area (Å²) in [6.45, 7) is 1.94. The third kappa shape index (κ3) is 5.31. The number of amides is 2. The van der Waals surface area contributed by atoms with E-state index in [1.54, 1.807) is 10.7 Å². The lowest BCUT2D eigenvalue weighted by Gasteiger charge is -2.36. The van der Waals surface area contributed by atoms with Crippen LogP contribution >= 0.6 is 0 Å². The van der Waals surface area contributed by atoms with E-state index in [2.05, 4.69) is 10.4 Å². The number of carbonyl (C=O) groups excluding carboxylic acids is 2. The smallest absolute Gasteiger partial charge is 0.416 e. The Morgan fingerprint density at radius 1 is 0.974 bits per heavy atom. The minimum Gasteiger partial charge on any atom is -0.445 e. The van der Waals surface area contributed by atoms with Crippen molar-refractivity contribution >= 4 is 12.0 Å². The third-order valence-electron chi connectivity index (χ3n) is 7.11. The number of nitrogens with zero attached hydrogens (tertiary/aromatic N) is 4. The molecule has 1 saturated heterocycles. The van der Waals surface area contributed by atoms with Gasteiger partial charge in [0.25, 0.3) is 5.91 Å². The number of alkyl halides is 6. The first-order valence-corrected chi connectivity index (χ1v) is 12.2. The van der Waals surface area contributed by atoms with Gasteiger partial charge in [0, 0.05) is 32.7 Å². The molecule has 1 spiro atoms. The topological polar surface area (TPSA) is 79.7 Å². The van der Waals surface area contributed by atoms with E-state index in [1.165, 1.54) is 4.90 Å². The van der Waals surface area contributed by atoms with Crippen LogP contribution in [0.25, 0.3) is 0 Å². The monoisotopic (exact) mass is 545 g/mol. The third-order valence-corrected chi connectivity index (χ3v) is 7.11. The maximum Gasteiger partial charge on any atom is 0.416 e. The predicted octanol–water partition coefficient (Wildman–Crippen LogP) is 4.04. The largest absolute Gasteiger partial charge is 0.445 e. The molecule has 1 aliphatic carbocycles. The maximum atomic E-state index is 13.2. The predicted molar refractivity (Wildman–Crippen MR) is 120 cm³/mol. The summed E-state index contributed by atoms with van der Waals surface area (Å²) in [5, 5.41) is 7.75. The van der Waals surface area contributed by atoms with E-state index in [0.29, 0.717) is 43.9 Å². The van der Waals surface area contributed by atoms with Crippen molar-refractivity contribution < 1.29 is 40.7 Å². The van der Waals surface area contributed by atoms with E-state index < -0.39 is 41.7 Å². The van der Waals surface area contributed by atoms with Crippen molar-refractivity contribution in [1.82, 2.24) is 24.9 Å². The molecular formula is C24H25F6N5O3. The molecule has 38 heavy (non-hydrogen) atoms. The molecule has 2 aliphatic heterocycles. The van der Waals surface area contributed by atoms with Crippen molar-refractivity contribution in [2.75, 3.05) is 26.2 Å². The van der Waals surface area contributed by atoms with Gasteiger partial charge >= 0.3 is 18.4 Å². The van der Waals surface area contributed by atoms with E-state index in [-0.39, 0.29) is 36.3 Å². The Morgan fingerprint density at radius 2 is 1.66 bits per heavy atom. The zero-order valence-corrected chi connectivity index (χ0v) is 20.2. The summed E-state index contributed by atoms with van der Waals surface area (Å²) in [6.07, 6.45) is -8.57. The lowest BCUT2D eigenvalue weighted by Crippen LogP contribution is -2.55.